The van der Waals surface area contributed by atoms with E-state index in [0.717, 1.165) is 44.1 Å². The lowest BCUT2D eigenvalue weighted by Gasteiger charge is -2.31. The molecule has 1 rings (SSSR count). The van der Waals surface area contributed by atoms with Crippen molar-refractivity contribution in [1.29, 1.82) is 0 Å². The first-order chi connectivity index (χ1) is 12.7. The number of hydrogen-bond acceptors (Lipinski definition) is 4. The fourth-order valence-electron chi connectivity index (χ4n) is 3.23. The molecule has 0 saturated carbocycles. The van der Waals surface area contributed by atoms with Gasteiger partial charge < -0.3 is 15.7 Å². The first kappa shape index (κ1) is 27.1. The van der Waals surface area contributed by atoms with Crippen LogP contribution in [0.5, 0.6) is 0 Å². The zero-order chi connectivity index (χ0) is 20.4. The third kappa shape index (κ3) is 9.09. The van der Waals surface area contributed by atoms with Crippen molar-refractivity contribution in [3.8, 4) is 0 Å². The average Bonchev–Trinajstić information content (AvgIpc) is 3.05. The van der Waals surface area contributed by atoms with E-state index in [0.29, 0.717) is 12.0 Å². The SMILES string of the molecule is CCNC(=NCC(C)(O)c1cnn(C)c1)NCC(CC(C)C)N(CC)CC.I. The van der Waals surface area contributed by atoms with Crippen LogP contribution in [0.4, 0.5) is 0 Å². The molecule has 0 bridgehead atoms. The van der Waals surface area contributed by atoms with E-state index in [1.54, 1.807) is 17.8 Å². The molecule has 0 aliphatic heterocycles. The van der Waals surface area contributed by atoms with Gasteiger partial charge >= 0.3 is 0 Å². The van der Waals surface area contributed by atoms with Gasteiger partial charge in [0, 0.05) is 37.9 Å². The molecule has 0 aliphatic rings. The molecule has 0 saturated heterocycles. The fourth-order valence-corrected chi connectivity index (χ4v) is 3.23. The number of aliphatic hydroxyl groups is 1. The highest BCUT2D eigenvalue weighted by Gasteiger charge is 2.25. The molecule has 164 valence electrons. The molecule has 0 aliphatic carbocycles. The standard InChI is InChI=1S/C20H40N6O.HI/c1-8-21-19(22-13-18(11-16(4)5)26(9-2)10-3)23-15-20(6,27)17-12-24-25(7)14-17;/h12,14,16,18,27H,8-11,13,15H2,1-7H3,(H2,21,22,23);1H. The molecule has 2 atom stereocenters. The van der Waals surface area contributed by atoms with Crippen LogP contribution in [-0.4, -0.2) is 64.5 Å². The predicted octanol–water partition coefficient (Wildman–Crippen LogP) is 2.56. The Kier molecular flexibility index (Phi) is 13.0. The second-order valence-corrected chi connectivity index (χ2v) is 7.76. The Labute approximate surface area is 188 Å². The predicted molar refractivity (Wildman–Crippen MR) is 128 cm³/mol. The number of rotatable bonds is 11. The van der Waals surface area contributed by atoms with Gasteiger partial charge in [-0.3, -0.25) is 9.58 Å². The molecule has 0 fully saturated rings. The van der Waals surface area contributed by atoms with Gasteiger partial charge in [0.25, 0.3) is 0 Å². The number of halogens is 1. The highest BCUT2D eigenvalue weighted by atomic mass is 127. The van der Waals surface area contributed by atoms with Crippen LogP contribution in [0.1, 0.15) is 53.5 Å². The maximum atomic E-state index is 10.8. The highest BCUT2D eigenvalue weighted by molar-refractivity contribution is 14.0. The zero-order valence-corrected chi connectivity index (χ0v) is 21.0. The number of likely N-dealkylation sites (N-methyl/N-ethyl adjacent to an activating group) is 1. The number of aryl methyl sites for hydroxylation is 1. The van der Waals surface area contributed by atoms with Crippen LogP contribution in [0.2, 0.25) is 0 Å². The summed E-state index contributed by atoms with van der Waals surface area (Å²) in [4.78, 5) is 7.11. The molecule has 8 heteroatoms. The number of aromatic nitrogens is 2. The first-order valence-electron chi connectivity index (χ1n) is 10.2. The van der Waals surface area contributed by atoms with Crippen LogP contribution in [-0.2, 0) is 12.6 Å². The molecule has 1 heterocycles. The van der Waals surface area contributed by atoms with Crippen molar-refractivity contribution in [3.63, 3.8) is 0 Å². The van der Waals surface area contributed by atoms with Crippen molar-refractivity contribution in [2.45, 2.75) is 59.6 Å². The molecule has 1 aromatic heterocycles. The molecule has 7 nitrogen and oxygen atoms in total. The second-order valence-electron chi connectivity index (χ2n) is 7.76. The third-order valence-electron chi connectivity index (χ3n) is 4.79. The van der Waals surface area contributed by atoms with Crippen LogP contribution in [0.25, 0.3) is 0 Å². The molecule has 0 radical (unpaired) electrons. The summed E-state index contributed by atoms with van der Waals surface area (Å²) in [6.07, 6.45) is 4.66. The smallest absolute Gasteiger partial charge is 0.191 e. The molecule has 0 amide bonds. The maximum absolute atomic E-state index is 10.8. The Hall–Kier alpha value is -0.870. The quantitative estimate of drug-likeness (QED) is 0.243. The Morgan fingerprint density at radius 3 is 2.39 bits per heavy atom. The molecule has 1 aromatic rings. The number of aliphatic imine (C=N–C) groups is 1. The summed E-state index contributed by atoms with van der Waals surface area (Å²) in [7, 11) is 1.84. The topological polar surface area (TPSA) is 77.7 Å². The molecule has 28 heavy (non-hydrogen) atoms. The number of nitrogens with zero attached hydrogens (tertiary/aromatic N) is 4. The van der Waals surface area contributed by atoms with Crippen molar-refractivity contribution in [2.75, 3.05) is 32.7 Å². The van der Waals surface area contributed by atoms with Crippen LogP contribution < -0.4 is 10.6 Å². The largest absolute Gasteiger partial charge is 0.383 e. The van der Waals surface area contributed by atoms with Gasteiger partial charge in [0.2, 0.25) is 0 Å². The van der Waals surface area contributed by atoms with Crippen LogP contribution in [0.3, 0.4) is 0 Å². The zero-order valence-electron chi connectivity index (χ0n) is 18.7. The van der Waals surface area contributed by atoms with E-state index in [1.807, 2.05) is 20.2 Å². The van der Waals surface area contributed by atoms with Gasteiger partial charge in [-0.2, -0.15) is 5.10 Å². The molecule has 0 aromatic carbocycles. The van der Waals surface area contributed by atoms with Gasteiger partial charge in [0.15, 0.2) is 5.96 Å². The van der Waals surface area contributed by atoms with E-state index < -0.39 is 5.60 Å². The Bertz CT molecular complexity index is 569. The summed E-state index contributed by atoms with van der Waals surface area (Å²) in [6, 6.07) is 0.461. The van der Waals surface area contributed by atoms with Crippen molar-refractivity contribution in [2.24, 2.45) is 18.0 Å². The second kappa shape index (κ2) is 13.4. The van der Waals surface area contributed by atoms with E-state index in [4.69, 9.17) is 0 Å². The van der Waals surface area contributed by atoms with Crippen molar-refractivity contribution >= 4 is 29.9 Å². The minimum Gasteiger partial charge on any atom is -0.383 e. The fraction of sp³-hybridized carbons (Fsp3) is 0.800. The van der Waals surface area contributed by atoms with E-state index in [-0.39, 0.29) is 30.5 Å². The van der Waals surface area contributed by atoms with Crippen molar-refractivity contribution in [1.82, 2.24) is 25.3 Å². The Balaban J connectivity index is 0.00000729. The van der Waals surface area contributed by atoms with Crippen molar-refractivity contribution in [3.05, 3.63) is 18.0 Å². The molecule has 2 unspecified atom stereocenters. The van der Waals surface area contributed by atoms with Gasteiger partial charge in [-0.05, 0) is 39.3 Å². The third-order valence-corrected chi connectivity index (χ3v) is 4.79. The molecule has 0 spiro atoms. The van der Waals surface area contributed by atoms with Crippen molar-refractivity contribution < 1.29 is 5.11 Å². The Morgan fingerprint density at radius 2 is 1.93 bits per heavy atom. The summed E-state index contributed by atoms with van der Waals surface area (Å²) in [5, 5.41) is 21.6. The van der Waals surface area contributed by atoms with E-state index in [1.165, 1.54) is 0 Å². The number of guanidine groups is 1. The molecular weight excluding hydrogens is 467 g/mol. The van der Waals surface area contributed by atoms with E-state index in [9.17, 15) is 5.11 Å². The first-order valence-corrected chi connectivity index (χ1v) is 10.2. The van der Waals surface area contributed by atoms with Gasteiger partial charge in [-0.15, -0.1) is 24.0 Å². The summed E-state index contributed by atoms with van der Waals surface area (Å²) < 4.78 is 1.69. The number of nitrogens with one attached hydrogen (secondary N) is 2. The highest BCUT2D eigenvalue weighted by Crippen LogP contribution is 2.19. The van der Waals surface area contributed by atoms with E-state index in [2.05, 4.69) is 53.3 Å². The van der Waals surface area contributed by atoms with Gasteiger partial charge in [0.05, 0.1) is 12.7 Å². The van der Waals surface area contributed by atoms with Gasteiger partial charge in [-0.1, -0.05) is 27.7 Å². The van der Waals surface area contributed by atoms with Crippen LogP contribution >= 0.6 is 24.0 Å². The normalized spacial score (nSPS) is 15.3. The van der Waals surface area contributed by atoms with Gasteiger partial charge in [0.1, 0.15) is 5.60 Å². The average molecular weight is 508 g/mol. The summed E-state index contributed by atoms with van der Waals surface area (Å²) in [5.74, 6) is 1.38. The van der Waals surface area contributed by atoms with Gasteiger partial charge in [-0.25, -0.2) is 4.99 Å². The van der Waals surface area contributed by atoms with E-state index >= 15 is 0 Å². The minimum atomic E-state index is -1.05. The minimum absolute atomic E-state index is 0. The van der Waals surface area contributed by atoms with Crippen LogP contribution in [0.15, 0.2) is 17.4 Å². The lowest BCUT2D eigenvalue weighted by atomic mass is 10.0. The maximum Gasteiger partial charge on any atom is 0.191 e. The summed E-state index contributed by atoms with van der Waals surface area (Å²) in [6.45, 7) is 16.7. The summed E-state index contributed by atoms with van der Waals surface area (Å²) >= 11 is 0. The Morgan fingerprint density at radius 1 is 1.29 bits per heavy atom. The number of hydrogen-bond donors (Lipinski definition) is 3. The lowest BCUT2D eigenvalue weighted by molar-refractivity contribution is 0.0671. The summed E-state index contributed by atoms with van der Waals surface area (Å²) in [5.41, 5.74) is -0.280. The lowest BCUT2D eigenvalue weighted by Crippen LogP contribution is -2.48. The molecular formula is C20H41IN6O. The molecule has 3 N–H and O–H groups in total. The van der Waals surface area contributed by atoms with Crippen LogP contribution in [0, 0.1) is 5.92 Å². The monoisotopic (exact) mass is 508 g/mol.